The highest BCUT2D eigenvalue weighted by atomic mass is 32.1. The van der Waals surface area contributed by atoms with Crippen molar-refractivity contribution in [3.63, 3.8) is 0 Å². The molecule has 0 spiro atoms. The lowest BCUT2D eigenvalue weighted by Crippen LogP contribution is -2.33. The molecule has 5 heteroatoms. The molecule has 0 aromatic carbocycles. The number of nitrogens with zero attached hydrogens (tertiary/aromatic N) is 3. The van der Waals surface area contributed by atoms with E-state index < -0.39 is 0 Å². The summed E-state index contributed by atoms with van der Waals surface area (Å²) in [7, 11) is 3.57. The smallest absolute Gasteiger partial charge is 0.191 e. The zero-order chi connectivity index (χ0) is 8.97. The molecule has 0 fully saturated rings. The SMILES string of the molecule is CN=C(N)N(C)Cc1nccs1. The van der Waals surface area contributed by atoms with Crippen LogP contribution in [-0.2, 0) is 6.54 Å². The van der Waals surface area contributed by atoms with Crippen LogP contribution in [0.1, 0.15) is 5.01 Å². The van der Waals surface area contributed by atoms with Crippen molar-refractivity contribution in [1.29, 1.82) is 0 Å². The van der Waals surface area contributed by atoms with Crippen LogP contribution in [0.15, 0.2) is 16.6 Å². The van der Waals surface area contributed by atoms with Crippen LogP contribution in [0.2, 0.25) is 0 Å². The molecule has 0 aliphatic carbocycles. The van der Waals surface area contributed by atoms with Gasteiger partial charge in [0.05, 0.1) is 6.54 Å². The van der Waals surface area contributed by atoms with Gasteiger partial charge >= 0.3 is 0 Å². The standard InChI is InChI=1S/C7H12N4S/c1-9-7(8)11(2)5-6-10-3-4-12-6/h3-4H,5H2,1-2H3,(H2,8,9). The quantitative estimate of drug-likeness (QED) is 0.538. The molecule has 0 radical (unpaired) electrons. The average molecular weight is 184 g/mol. The molecule has 0 unspecified atom stereocenters. The van der Waals surface area contributed by atoms with E-state index in [1.165, 1.54) is 0 Å². The van der Waals surface area contributed by atoms with Crippen LogP contribution in [-0.4, -0.2) is 29.9 Å². The molecule has 2 N–H and O–H groups in total. The Morgan fingerprint density at radius 3 is 3.08 bits per heavy atom. The highest BCUT2D eigenvalue weighted by Crippen LogP contribution is 2.05. The summed E-state index contributed by atoms with van der Waals surface area (Å²) >= 11 is 1.62. The third-order valence-electron chi connectivity index (χ3n) is 1.48. The first-order valence-electron chi connectivity index (χ1n) is 3.56. The zero-order valence-corrected chi connectivity index (χ0v) is 8.01. The van der Waals surface area contributed by atoms with E-state index in [4.69, 9.17) is 5.73 Å². The molecule has 0 saturated heterocycles. The molecule has 12 heavy (non-hydrogen) atoms. The Labute approximate surface area is 75.7 Å². The Bertz CT molecular complexity index is 254. The number of thiazole rings is 1. The van der Waals surface area contributed by atoms with Crippen LogP contribution in [0.4, 0.5) is 0 Å². The van der Waals surface area contributed by atoms with Crippen molar-refractivity contribution in [3.05, 3.63) is 16.6 Å². The lowest BCUT2D eigenvalue weighted by atomic mass is 10.6. The van der Waals surface area contributed by atoms with Crippen LogP contribution >= 0.6 is 11.3 Å². The lowest BCUT2D eigenvalue weighted by molar-refractivity contribution is 0.492. The second-order valence-electron chi connectivity index (χ2n) is 2.36. The molecule has 0 aliphatic rings. The summed E-state index contributed by atoms with van der Waals surface area (Å²) in [5, 5.41) is 2.99. The van der Waals surface area contributed by atoms with E-state index >= 15 is 0 Å². The number of hydrogen-bond donors (Lipinski definition) is 1. The van der Waals surface area contributed by atoms with Gasteiger partial charge in [-0.2, -0.15) is 0 Å². The Morgan fingerprint density at radius 1 is 1.83 bits per heavy atom. The van der Waals surface area contributed by atoms with Crippen LogP contribution < -0.4 is 5.73 Å². The summed E-state index contributed by atoms with van der Waals surface area (Å²) in [6.07, 6.45) is 1.78. The maximum Gasteiger partial charge on any atom is 0.191 e. The first-order valence-corrected chi connectivity index (χ1v) is 4.43. The molecule has 1 aromatic heterocycles. The molecule has 66 valence electrons. The van der Waals surface area contributed by atoms with E-state index in [-0.39, 0.29) is 0 Å². The Morgan fingerprint density at radius 2 is 2.58 bits per heavy atom. The Kier molecular flexibility index (Phi) is 3.04. The van der Waals surface area contributed by atoms with E-state index in [1.54, 1.807) is 24.6 Å². The van der Waals surface area contributed by atoms with E-state index in [0.29, 0.717) is 5.96 Å². The lowest BCUT2D eigenvalue weighted by Gasteiger charge is -2.15. The molecule has 4 nitrogen and oxygen atoms in total. The third kappa shape index (κ3) is 2.20. The number of hydrogen-bond acceptors (Lipinski definition) is 3. The van der Waals surface area contributed by atoms with Gasteiger partial charge in [0.15, 0.2) is 5.96 Å². The molecule has 1 rings (SSSR count). The first kappa shape index (κ1) is 8.99. The maximum absolute atomic E-state index is 5.59. The van der Waals surface area contributed by atoms with Crippen LogP contribution in [0, 0.1) is 0 Å². The number of rotatable bonds is 2. The maximum atomic E-state index is 5.59. The van der Waals surface area contributed by atoms with Gasteiger partial charge in [0.25, 0.3) is 0 Å². The summed E-state index contributed by atoms with van der Waals surface area (Å²) in [6.45, 7) is 0.723. The molecular weight excluding hydrogens is 172 g/mol. The molecule has 0 atom stereocenters. The second-order valence-corrected chi connectivity index (χ2v) is 3.34. The van der Waals surface area contributed by atoms with Gasteiger partial charge in [-0.15, -0.1) is 11.3 Å². The van der Waals surface area contributed by atoms with Gasteiger partial charge in [0.1, 0.15) is 5.01 Å². The summed E-state index contributed by atoms with van der Waals surface area (Å²) in [6, 6.07) is 0. The minimum Gasteiger partial charge on any atom is -0.370 e. The number of nitrogens with two attached hydrogens (primary N) is 1. The Hall–Kier alpha value is -1.10. The predicted molar refractivity (Wildman–Crippen MR) is 51.1 cm³/mol. The van der Waals surface area contributed by atoms with Crippen molar-refractivity contribution in [2.45, 2.75) is 6.54 Å². The molecule has 0 amide bonds. The Balaban J connectivity index is 2.53. The highest BCUT2D eigenvalue weighted by molar-refractivity contribution is 7.09. The van der Waals surface area contributed by atoms with Crippen molar-refractivity contribution in [1.82, 2.24) is 9.88 Å². The largest absolute Gasteiger partial charge is 0.370 e. The monoisotopic (exact) mass is 184 g/mol. The van der Waals surface area contributed by atoms with Gasteiger partial charge in [-0.3, -0.25) is 4.99 Å². The van der Waals surface area contributed by atoms with Crippen molar-refractivity contribution in [2.24, 2.45) is 10.7 Å². The van der Waals surface area contributed by atoms with E-state index in [9.17, 15) is 0 Å². The van der Waals surface area contributed by atoms with E-state index in [0.717, 1.165) is 11.6 Å². The minimum absolute atomic E-state index is 0.533. The predicted octanol–water partition coefficient (Wildman–Crippen LogP) is 0.519. The minimum atomic E-state index is 0.533. The molecule has 1 heterocycles. The van der Waals surface area contributed by atoms with Gasteiger partial charge < -0.3 is 10.6 Å². The highest BCUT2D eigenvalue weighted by Gasteiger charge is 2.02. The molecule has 0 bridgehead atoms. The van der Waals surface area contributed by atoms with Crippen molar-refractivity contribution in [2.75, 3.05) is 14.1 Å². The molecule has 0 aliphatic heterocycles. The van der Waals surface area contributed by atoms with Gasteiger partial charge in [-0.25, -0.2) is 4.98 Å². The first-order chi connectivity index (χ1) is 5.74. The van der Waals surface area contributed by atoms with Crippen LogP contribution in [0.3, 0.4) is 0 Å². The van der Waals surface area contributed by atoms with Gasteiger partial charge in [-0.05, 0) is 0 Å². The summed E-state index contributed by atoms with van der Waals surface area (Å²) < 4.78 is 0. The van der Waals surface area contributed by atoms with E-state index in [2.05, 4.69) is 9.98 Å². The molecule has 1 aromatic rings. The van der Waals surface area contributed by atoms with Crippen LogP contribution in [0.25, 0.3) is 0 Å². The van der Waals surface area contributed by atoms with Crippen LogP contribution in [0.5, 0.6) is 0 Å². The fraction of sp³-hybridized carbons (Fsp3) is 0.429. The van der Waals surface area contributed by atoms with Crippen molar-refractivity contribution < 1.29 is 0 Å². The summed E-state index contributed by atoms with van der Waals surface area (Å²) in [4.78, 5) is 9.87. The fourth-order valence-electron chi connectivity index (χ4n) is 0.786. The van der Waals surface area contributed by atoms with Crippen molar-refractivity contribution >= 4 is 17.3 Å². The fourth-order valence-corrected chi connectivity index (χ4v) is 1.45. The van der Waals surface area contributed by atoms with Gasteiger partial charge in [0, 0.05) is 25.7 Å². The second kappa shape index (κ2) is 4.06. The number of guanidine groups is 1. The molecule has 0 saturated carbocycles. The zero-order valence-electron chi connectivity index (χ0n) is 7.19. The summed E-state index contributed by atoms with van der Waals surface area (Å²) in [5.74, 6) is 0.533. The van der Waals surface area contributed by atoms with Crippen molar-refractivity contribution in [3.8, 4) is 0 Å². The number of aromatic nitrogens is 1. The topological polar surface area (TPSA) is 54.5 Å². The molecular formula is C7H12N4S. The average Bonchev–Trinajstić information content (AvgIpc) is 2.55. The van der Waals surface area contributed by atoms with E-state index in [1.807, 2.05) is 17.3 Å². The normalized spacial score (nSPS) is 11.7. The van der Waals surface area contributed by atoms with Gasteiger partial charge in [0.2, 0.25) is 0 Å². The third-order valence-corrected chi connectivity index (χ3v) is 2.24. The summed E-state index contributed by atoms with van der Waals surface area (Å²) in [5.41, 5.74) is 5.59. The van der Waals surface area contributed by atoms with Gasteiger partial charge in [-0.1, -0.05) is 0 Å². The number of aliphatic imine (C=N–C) groups is 1.